The number of aliphatic hydroxyl groups is 1. The van der Waals surface area contributed by atoms with Gasteiger partial charge in [0, 0.05) is 6.61 Å². The quantitative estimate of drug-likeness (QED) is 0.521. The van der Waals surface area contributed by atoms with Crippen molar-refractivity contribution in [3.05, 3.63) is 29.8 Å². The topological polar surface area (TPSA) is 60.7 Å². The number of benzene rings is 1. The van der Waals surface area contributed by atoms with Gasteiger partial charge in [-0.3, -0.25) is 0 Å². The van der Waals surface area contributed by atoms with Crippen LogP contribution in [0.5, 0.6) is 0 Å². The van der Waals surface area contributed by atoms with Crippen molar-refractivity contribution in [2.24, 2.45) is 0 Å². The maximum Gasteiger partial charge on any atom is 0.488 e. The van der Waals surface area contributed by atoms with E-state index in [1.165, 1.54) is 0 Å². The Kier molecular flexibility index (Phi) is 6.23. The molecule has 0 aliphatic carbocycles. The van der Waals surface area contributed by atoms with Crippen LogP contribution in [-0.2, 0) is 0 Å². The molecule has 3 N–H and O–H groups in total. The third-order valence-corrected chi connectivity index (χ3v) is 1.38. The van der Waals surface area contributed by atoms with E-state index >= 15 is 0 Å². The Labute approximate surface area is 78.8 Å². The van der Waals surface area contributed by atoms with Crippen LogP contribution in [0.4, 0.5) is 0 Å². The number of aliphatic hydroxyl groups excluding tert-OH is 1. The van der Waals surface area contributed by atoms with E-state index in [1.807, 2.05) is 19.1 Å². The predicted octanol–water partition coefficient (Wildman–Crippen LogP) is -0.327. The van der Waals surface area contributed by atoms with Gasteiger partial charge >= 0.3 is 7.12 Å². The van der Waals surface area contributed by atoms with Gasteiger partial charge in [-0.25, -0.2) is 0 Å². The summed E-state index contributed by atoms with van der Waals surface area (Å²) in [5, 5.41) is 24.9. The number of hydrogen-bond acceptors (Lipinski definition) is 3. The molecule has 1 aromatic rings. The zero-order valence-electron chi connectivity index (χ0n) is 7.94. The van der Waals surface area contributed by atoms with E-state index in [0.717, 1.165) is 5.56 Å². The monoisotopic (exact) mass is 182 g/mol. The zero-order valence-corrected chi connectivity index (χ0v) is 7.94. The van der Waals surface area contributed by atoms with Gasteiger partial charge < -0.3 is 15.2 Å². The standard InChI is InChI=1S/C7H9BO2.C2H6O/c1-6-2-4-7(5-3-6)8(9)10;1-2-3/h2-5,9-10H,1H3;3H,2H2,1H3. The largest absolute Gasteiger partial charge is 0.488 e. The molecule has 0 amide bonds. The number of hydrogen-bond donors (Lipinski definition) is 3. The van der Waals surface area contributed by atoms with E-state index in [9.17, 15) is 0 Å². The van der Waals surface area contributed by atoms with Gasteiger partial charge in [-0.2, -0.15) is 0 Å². The van der Waals surface area contributed by atoms with E-state index in [1.54, 1.807) is 19.1 Å². The molecule has 1 aromatic carbocycles. The fraction of sp³-hybridized carbons (Fsp3) is 0.333. The lowest BCUT2D eigenvalue weighted by molar-refractivity contribution is 0.318. The molecular weight excluding hydrogens is 167 g/mol. The van der Waals surface area contributed by atoms with E-state index in [2.05, 4.69) is 0 Å². The lowest BCUT2D eigenvalue weighted by Crippen LogP contribution is -2.29. The summed E-state index contributed by atoms with van der Waals surface area (Å²) in [4.78, 5) is 0. The maximum atomic E-state index is 8.67. The predicted molar refractivity (Wildman–Crippen MR) is 53.8 cm³/mol. The molecule has 0 unspecified atom stereocenters. The highest BCUT2D eigenvalue weighted by atomic mass is 16.4. The van der Waals surface area contributed by atoms with Crippen molar-refractivity contribution in [3.63, 3.8) is 0 Å². The second-order valence-corrected chi connectivity index (χ2v) is 2.60. The van der Waals surface area contributed by atoms with Gasteiger partial charge in [0.15, 0.2) is 0 Å². The Balaban J connectivity index is 0.000000424. The van der Waals surface area contributed by atoms with Crippen LogP contribution in [0.1, 0.15) is 12.5 Å². The molecule has 0 saturated heterocycles. The third-order valence-electron chi connectivity index (χ3n) is 1.38. The summed E-state index contributed by atoms with van der Waals surface area (Å²) in [5.74, 6) is 0. The fourth-order valence-electron chi connectivity index (χ4n) is 0.739. The van der Waals surface area contributed by atoms with E-state index in [0.29, 0.717) is 5.46 Å². The Morgan fingerprint density at radius 2 is 1.54 bits per heavy atom. The minimum atomic E-state index is -1.35. The normalized spacial score (nSPS) is 8.69. The SMILES string of the molecule is CCO.Cc1ccc(B(O)O)cc1. The van der Waals surface area contributed by atoms with Crippen molar-refractivity contribution < 1.29 is 15.2 Å². The van der Waals surface area contributed by atoms with Gasteiger partial charge in [0.1, 0.15) is 0 Å². The molecular formula is C9H15BO3. The molecule has 3 nitrogen and oxygen atoms in total. The average Bonchev–Trinajstić information content (AvgIpc) is 2.06. The molecule has 4 heteroatoms. The maximum absolute atomic E-state index is 8.67. The van der Waals surface area contributed by atoms with Crippen molar-refractivity contribution >= 4 is 12.6 Å². The van der Waals surface area contributed by atoms with Crippen molar-refractivity contribution in [2.75, 3.05) is 6.61 Å². The van der Waals surface area contributed by atoms with Crippen LogP contribution >= 0.6 is 0 Å². The highest BCUT2D eigenvalue weighted by molar-refractivity contribution is 6.58. The van der Waals surface area contributed by atoms with Gasteiger partial charge in [-0.15, -0.1) is 0 Å². The minimum Gasteiger partial charge on any atom is -0.423 e. The van der Waals surface area contributed by atoms with Gasteiger partial charge in [0.05, 0.1) is 0 Å². The fourth-order valence-corrected chi connectivity index (χ4v) is 0.739. The molecule has 0 aliphatic heterocycles. The Bertz CT molecular complexity index is 221. The van der Waals surface area contributed by atoms with Crippen LogP contribution in [-0.4, -0.2) is 28.9 Å². The summed E-state index contributed by atoms with van der Waals surface area (Å²) in [5.41, 5.74) is 1.65. The molecule has 0 radical (unpaired) electrons. The minimum absolute atomic E-state index is 0.250. The third kappa shape index (κ3) is 5.41. The zero-order chi connectivity index (χ0) is 10.3. The van der Waals surface area contributed by atoms with E-state index in [-0.39, 0.29) is 6.61 Å². The molecule has 0 bridgehead atoms. The van der Waals surface area contributed by atoms with Crippen LogP contribution in [0.3, 0.4) is 0 Å². The lowest BCUT2D eigenvalue weighted by atomic mass is 9.80. The summed E-state index contributed by atoms with van der Waals surface area (Å²) < 4.78 is 0. The van der Waals surface area contributed by atoms with Crippen LogP contribution in [0.2, 0.25) is 0 Å². The first kappa shape index (κ1) is 12.2. The summed E-state index contributed by atoms with van der Waals surface area (Å²) in [7, 11) is -1.35. The summed E-state index contributed by atoms with van der Waals surface area (Å²) in [6, 6.07) is 7.07. The average molecular weight is 182 g/mol. The van der Waals surface area contributed by atoms with Crippen LogP contribution < -0.4 is 5.46 Å². The summed E-state index contributed by atoms with van der Waals surface area (Å²) >= 11 is 0. The van der Waals surface area contributed by atoms with Crippen molar-refractivity contribution in [1.82, 2.24) is 0 Å². The highest BCUT2D eigenvalue weighted by Crippen LogP contribution is 1.92. The van der Waals surface area contributed by atoms with Crippen LogP contribution in [0.15, 0.2) is 24.3 Å². The first-order chi connectivity index (χ1) is 6.11. The number of aryl methyl sites for hydroxylation is 1. The van der Waals surface area contributed by atoms with Gasteiger partial charge in [-0.05, 0) is 19.3 Å². The molecule has 72 valence electrons. The molecule has 0 aromatic heterocycles. The van der Waals surface area contributed by atoms with E-state index < -0.39 is 7.12 Å². The first-order valence-corrected chi connectivity index (χ1v) is 4.15. The second kappa shape index (κ2) is 6.66. The smallest absolute Gasteiger partial charge is 0.423 e. The van der Waals surface area contributed by atoms with Crippen molar-refractivity contribution in [3.8, 4) is 0 Å². The van der Waals surface area contributed by atoms with Crippen LogP contribution in [0.25, 0.3) is 0 Å². The number of rotatable bonds is 1. The molecule has 13 heavy (non-hydrogen) atoms. The van der Waals surface area contributed by atoms with E-state index in [4.69, 9.17) is 15.2 Å². The molecule has 0 aliphatic rings. The Hall–Kier alpha value is -0.835. The molecule has 1 rings (SSSR count). The lowest BCUT2D eigenvalue weighted by Gasteiger charge is -1.97. The van der Waals surface area contributed by atoms with Gasteiger partial charge in [0.25, 0.3) is 0 Å². The molecule has 0 heterocycles. The molecule has 0 saturated carbocycles. The van der Waals surface area contributed by atoms with Crippen LogP contribution in [0, 0.1) is 6.92 Å². The van der Waals surface area contributed by atoms with Crippen molar-refractivity contribution in [1.29, 1.82) is 0 Å². The van der Waals surface area contributed by atoms with Crippen molar-refractivity contribution in [2.45, 2.75) is 13.8 Å². The second-order valence-electron chi connectivity index (χ2n) is 2.60. The molecule has 0 atom stereocenters. The Morgan fingerprint density at radius 3 is 1.85 bits per heavy atom. The Morgan fingerprint density at radius 1 is 1.15 bits per heavy atom. The molecule has 0 spiro atoms. The van der Waals surface area contributed by atoms with Gasteiger partial charge in [0.2, 0.25) is 0 Å². The highest BCUT2D eigenvalue weighted by Gasteiger charge is 2.08. The first-order valence-electron chi connectivity index (χ1n) is 4.15. The summed E-state index contributed by atoms with van der Waals surface area (Å²) in [6.07, 6.45) is 0. The summed E-state index contributed by atoms with van der Waals surface area (Å²) in [6.45, 7) is 3.88. The molecule has 0 fully saturated rings. The van der Waals surface area contributed by atoms with Gasteiger partial charge in [-0.1, -0.05) is 29.8 Å².